The van der Waals surface area contributed by atoms with Crippen molar-refractivity contribution in [3.8, 4) is 17.2 Å². The minimum atomic E-state index is -2.01. The Bertz CT molecular complexity index is 1690. The predicted molar refractivity (Wildman–Crippen MR) is 136 cm³/mol. The van der Waals surface area contributed by atoms with Gasteiger partial charge in [-0.15, -0.1) is 0 Å². The van der Waals surface area contributed by atoms with Gasteiger partial charge in [-0.05, 0) is 54.9 Å². The number of aromatic nitrogens is 1. The number of unbranched alkanes of at least 4 members (excludes halogenated alkanes) is 2. The number of fused-ring (bicyclic) bond motifs is 5. The van der Waals surface area contributed by atoms with Crippen LogP contribution < -0.4 is 5.56 Å². The highest BCUT2D eigenvalue weighted by Gasteiger charge is 2.61. The van der Waals surface area contributed by atoms with Crippen molar-refractivity contribution in [1.29, 1.82) is 0 Å². The third-order valence-corrected chi connectivity index (χ3v) is 8.05. The molecule has 2 aromatic carbocycles. The second kappa shape index (κ2) is 7.98. The molecular weight excluding hydrogens is 490 g/mol. The Morgan fingerprint density at radius 1 is 0.816 bits per heavy atom. The minimum absolute atomic E-state index is 0.0482. The number of phenols is 3. The maximum atomic E-state index is 13.9. The number of benzene rings is 2. The van der Waals surface area contributed by atoms with Crippen molar-refractivity contribution in [2.45, 2.75) is 50.9 Å². The van der Waals surface area contributed by atoms with E-state index < -0.39 is 73.6 Å². The topological polar surface area (TPSA) is 162 Å². The van der Waals surface area contributed by atoms with Crippen molar-refractivity contribution < 1.29 is 34.5 Å². The van der Waals surface area contributed by atoms with Crippen LogP contribution in [0.3, 0.4) is 0 Å². The fraction of sp³-hybridized carbons (Fsp3) is 0.276. The van der Waals surface area contributed by atoms with Crippen LogP contribution >= 0.6 is 0 Å². The van der Waals surface area contributed by atoms with Crippen LogP contribution in [0.4, 0.5) is 0 Å². The van der Waals surface area contributed by atoms with Gasteiger partial charge in [-0.2, -0.15) is 0 Å². The SMILES string of the molecule is CCCCCc1cc2cc3c(c(O)c2c(=O)[nH]1)C1(CC3)C(=O)c2c(O)c3c(c(O)c2C1=O)C(=O)C=CC3=O. The average molecular weight is 514 g/mol. The number of rotatable bonds is 4. The molecule has 0 radical (unpaired) electrons. The maximum absolute atomic E-state index is 13.9. The molecule has 3 aliphatic rings. The number of phenolic OH excluding ortho intramolecular Hbond substituents is 3. The molecule has 1 aromatic heterocycles. The summed E-state index contributed by atoms with van der Waals surface area (Å²) < 4.78 is 0. The van der Waals surface area contributed by atoms with E-state index >= 15 is 0 Å². The zero-order valence-electron chi connectivity index (χ0n) is 20.4. The normalized spacial score (nSPS) is 17.0. The number of pyridine rings is 1. The summed E-state index contributed by atoms with van der Waals surface area (Å²) in [6, 6.07) is 3.46. The number of carbonyl (C=O) groups excluding carboxylic acids is 4. The molecule has 0 unspecified atom stereocenters. The van der Waals surface area contributed by atoms with Crippen molar-refractivity contribution in [1.82, 2.24) is 4.98 Å². The Hall–Kier alpha value is -4.53. The van der Waals surface area contributed by atoms with Gasteiger partial charge in [0.1, 0.15) is 22.7 Å². The summed E-state index contributed by atoms with van der Waals surface area (Å²) in [5.74, 6) is -5.60. The minimum Gasteiger partial charge on any atom is -0.507 e. The number of aromatic amines is 1. The average Bonchev–Trinajstić information content (AvgIpc) is 3.36. The molecule has 9 heteroatoms. The van der Waals surface area contributed by atoms with Crippen molar-refractivity contribution >= 4 is 33.9 Å². The number of ketones is 4. The number of hydrogen-bond donors (Lipinski definition) is 4. The molecule has 0 fully saturated rings. The molecule has 4 N–H and O–H groups in total. The molecule has 38 heavy (non-hydrogen) atoms. The van der Waals surface area contributed by atoms with Gasteiger partial charge in [0.15, 0.2) is 23.1 Å². The van der Waals surface area contributed by atoms with E-state index in [9.17, 15) is 39.3 Å². The molecule has 0 aliphatic heterocycles. The summed E-state index contributed by atoms with van der Waals surface area (Å²) in [4.78, 5) is 68.6. The molecule has 192 valence electrons. The number of carbonyl (C=O) groups is 4. The van der Waals surface area contributed by atoms with Gasteiger partial charge in [0.2, 0.25) is 0 Å². The van der Waals surface area contributed by atoms with Gasteiger partial charge in [-0.1, -0.05) is 25.8 Å². The molecule has 0 saturated heterocycles. The standard InChI is InChI=1S/C29H23NO8/c1-2-3-4-5-14-11-13-10-12-8-9-29(22(12)25(35)17(13)28(38)30-14)26(36)20-21(27(29)37)24(34)19-16(32)7-6-15(31)18(19)23(20)33/h6-7,10-11,33-35H,2-5,8-9H2,1H3,(H,30,38). The Morgan fingerprint density at radius 2 is 1.42 bits per heavy atom. The van der Waals surface area contributed by atoms with Gasteiger partial charge in [0.25, 0.3) is 5.56 Å². The molecule has 3 aliphatic carbocycles. The van der Waals surface area contributed by atoms with Gasteiger partial charge in [-0.3, -0.25) is 24.0 Å². The fourth-order valence-corrected chi connectivity index (χ4v) is 6.30. The molecule has 0 amide bonds. The molecular formula is C29H23NO8. The fourth-order valence-electron chi connectivity index (χ4n) is 6.30. The van der Waals surface area contributed by atoms with Crippen LogP contribution in [0.1, 0.15) is 90.9 Å². The maximum Gasteiger partial charge on any atom is 0.259 e. The van der Waals surface area contributed by atoms with E-state index in [0.29, 0.717) is 23.1 Å². The van der Waals surface area contributed by atoms with E-state index in [4.69, 9.17) is 0 Å². The summed E-state index contributed by atoms with van der Waals surface area (Å²) in [6.07, 6.45) is 5.52. The number of hydrogen-bond acceptors (Lipinski definition) is 8. The zero-order valence-corrected chi connectivity index (χ0v) is 20.4. The molecule has 0 saturated carbocycles. The van der Waals surface area contributed by atoms with Crippen LogP contribution in [0.25, 0.3) is 10.8 Å². The Labute approximate surface area is 215 Å². The lowest BCUT2D eigenvalue weighted by Gasteiger charge is -2.22. The van der Waals surface area contributed by atoms with Crippen molar-refractivity contribution in [3.05, 3.63) is 73.7 Å². The smallest absolute Gasteiger partial charge is 0.259 e. The lowest BCUT2D eigenvalue weighted by Crippen LogP contribution is -2.36. The van der Waals surface area contributed by atoms with Gasteiger partial charge in [0.05, 0.1) is 27.6 Å². The van der Waals surface area contributed by atoms with Crippen LogP contribution in [-0.4, -0.2) is 43.4 Å². The summed E-state index contributed by atoms with van der Waals surface area (Å²) in [6.45, 7) is 2.07. The highest BCUT2D eigenvalue weighted by atomic mass is 16.3. The van der Waals surface area contributed by atoms with Gasteiger partial charge in [0, 0.05) is 11.3 Å². The summed E-state index contributed by atoms with van der Waals surface area (Å²) >= 11 is 0. The van der Waals surface area contributed by atoms with Gasteiger partial charge in [-0.25, -0.2) is 0 Å². The van der Waals surface area contributed by atoms with E-state index in [1.807, 2.05) is 0 Å². The molecule has 0 atom stereocenters. The number of aromatic hydroxyl groups is 3. The zero-order chi connectivity index (χ0) is 27.1. The molecule has 0 bridgehead atoms. The Morgan fingerprint density at radius 3 is 2.00 bits per heavy atom. The van der Waals surface area contributed by atoms with Crippen molar-refractivity contribution in [2.75, 3.05) is 0 Å². The number of aryl methyl sites for hydroxylation is 2. The van der Waals surface area contributed by atoms with E-state index in [1.165, 1.54) is 0 Å². The molecule has 6 rings (SSSR count). The first kappa shape index (κ1) is 23.8. The first-order valence-electron chi connectivity index (χ1n) is 12.5. The van der Waals surface area contributed by atoms with Crippen LogP contribution in [-0.2, 0) is 18.3 Å². The molecule has 1 heterocycles. The van der Waals surface area contributed by atoms with Crippen molar-refractivity contribution in [2.24, 2.45) is 0 Å². The first-order chi connectivity index (χ1) is 18.1. The Kier molecular flexibility index (Phi) is 5.01. The molecule has 1 spiro atoms. The van der Waals surface area contributed by atoms with Gasteiger partial charge < -0.3 is 20.3 Å². The highest BCUT2D eigenvalue weighted by molar-refractivity contribution is 6.38. The van der Waals surface area contributed by atoms with E-state index in [1.54, 1.807) is 12.1 Å². The van der Waals surface area contributed by atoms with Crippen LogP contribution in [0.2, 0.25) is 0 Å². The number of nitrogens with one attached hydrogen (secondary N) is 1. The second-order valence-corrected chi connectivity index (χ2v) is 10.1. The Balaban J connectivity index is 1.57. The summed E-state index contributed by atoms with van der Waals surface area (Å²) in [5, 5.41) is 33.7. The monoisotopic (exact) mass is 513 g/mol. The summed E-state index contributed by atoms with van der Waals surface area (Å²) in [7, 11) is 0. The number of Topliss-reactive ketones (excluding diaryl/α,β-unsaturated/α-hetero) is 2. The summed E-state index contributed by atoms with van der Waals surface area (Å²) in [5.41, 5.74) is -3.62. The van der Waals surface area contributed by atoms with Gasteiger partial charge >= 0.3 is 0 Å². The largest absolute Gasteiger partial charge is 0.507 e. The van der Waals surface area contributed by atoms with E-state index in [0.717, 1.165) is 31.4 Å². The molecule has 9 nitrogen and oxygen atoms in total. The third kappa shape index (κ3) is 2.84. The van der Waals surface area contributed by atoms with Crippen molar-refractivity contribution in [3.63, 3.8) is 0 Å². The van der Waals surface area contributed by atoms with Crippen LogP contribution in [0.5, 0.6) is 17.2 Å². The number of H-pyrrole nitrogens is 1. The highest BCUT2D eigenvalue weighted by Crippen LogP contribution is 2.57. The number of allylic oxidation sites excluding steroid dienone is 2. The predicted octanol–water partition coefficient (Wildman–Crippen LogP) is 3.58. The second-order valence-electron chi connectivity index (χ2n) is 10.1. The third-order valence-electron chi connectivity index (χ3n) is 8.05. The van der Waals surface area contributed by atoms with E-state index in [2.05, 4.69) is 11.9 Å². The molecule has 3 aromatic rings. The van der Waals surface area contributed by atoms with E-state index in [-0.39, 0.29) is 23.8 Å². The van der Waals surface area contributed by atoms with Crippen LogP contribution in [0.15, 0.2) is 29.1 Å². The first-order valence-corrected chi connectivity index (χ1v) is 12.5. The lowest BCUT2D eigenvalue weighted by atomic mass is 9.76. The quantitative estimate of drug-likeness (QED) is 0.234. The lowest BCUT2D eigenvalue weighted by molar-refractivity contribution is 0.0790. The van der Waals surface area contributed by atoms with Crippen LogP contribution in [0, 0.1) is 0 Å².